The van der Waals surface area contributed by atoms with Gasteiger partial charge < -0.3 is 16.8 Å². The average molecular weight is 323 g/mol. The Morgan fingerprint density at radius 2 is 2.04 bits per heavy atom. The van der Waals surface area contributed by atoms with Crippen molar-refractivity contribution >= 4 is 22.8 Å². The molecule has 3 aromatic rings. The third kappa shape index (κ3) is 1.72. The van der Waals surface area contributed by atoms with Crippen LogP contribution in [0, 0.1) is 5.92 Å². The van der Waals surface area contributed by atoms with Crippen molar-refractivity contribution < 1.29 is 0 Å². The minimum Gasteiger partial charge on any atom is -0.370 e. The molecular formula is C15H17N9. The molecule has 1 aliphatic heterocycles. The Bertz CT molecular complexity index is 968. The number of aromatic amines is 2. The van der Waals surface area contributed by atoms with E-state index < -0.39 is 5.66 Å². The SMILES string of the molecule is NC1=NC(N)(C2CCc3c(cnc4[nH]ncc34)C2)c2cn[nH]c2N1. The second-order valence-corrected chi connectivity index (χ2v) is 6.44. The number of aromatic nitrogens is 5. The van der Waals surface area contributed by atoms with Crippen LogP contribution < -0.4 is 16.8 Å². The Labute approximate surface area is 136 Å². The summed E-state index contributed by atoms with van der Waals surface area (Å²) in [5.41, 5.74) is 15.9. The van der Waals surface area contributed by atoms with Gasteiger partial charge in [-0.1, -0.05) is 0 Å². The van der Waals surface area contributed by atoms with E-state index in [1.165, 1.54) is 11.1 Å². The van der Waals surface area contributed by atoms with E-state index in [0.29, 0.717) is 5.96 Å². The Balaban J connectivity index is 1.58. The van der Waals surface area contributed by atoms with Gasteiger partial charge in [-0.15, -0.1) is 0 Å². The van der Waals surface area contributed by atoms with Crippen molar-refractivity contribution in [2.45, 2.75) is 24.9 Å². The van der Waals surface area contributed by atoms with E-state index in [9.17, 15) is 0 Å². The molecule has 0 radical (unpaired) electrons. The normalized spacial score (nSPS) is 25.7. The number of aryl methyl sites for hydroxylation is 1. The average Bonchev–Trinajstić information content (AvgIpc) is 3.23. The first-order valence-corrected chi connectivity index (χ1v) is 7.90. The molecule has 9 heteroatoms. The van der Waals surface area contributed by atoms with Gasteiger partial charge in [-0.2, -0.15) is 10.2 Å². The maximum Gasteiger partial charge on any atom is 0.196 e. The zero-order valence-corrected chi connectivity index (χ0v) is 12.9. The molecule has 122 valence electrons. The highest BCUT2D eigenvalue weighted by molar-refractivity contribution is 5.94. The zero-order chi connectivity index (χ0) is 16.3. The molecule has 5 rings (SSSR count). The van der Waals surface area contributed by atoms with Gasteiger partial charge in [-0.25, -0.2) is 9.98 Å². The van der Waals surface area contributed by atoms with Gasteiger partial charge in [0.1, 0.15) is 11.5 Å². The number of aliphatic imine (C=N–C) groups is 1. The smallest absolute Gasteiger partial charge is 0.196 e. The summed E-state index contributed by atoms with van der Waals surface area (Å²) >= 11 is 0. The predicted molar refractivity (Wildman–Crippen MR) is 89.1 cm³/mol. The lowest BCUT2D eigenvalue weighted by molar-refractivity contribution is 0.256. The summed E-state index contributed by atoms with van der Waals surface area (Å²) in [5, 5.41) is 18.1. The molecule has 1 aliphatic carbocycles. The summed E-state index contributed by atoms with van der Waals surface area (Å²) in [6.45, 7) is 0. The highest BCUT2D eigenvalue weighted by Crippen LogP contribution is 2.42. The molecule has 0 spiro atoms. The van der Waals surface area contributed by atoms with Crippen molar-refractivity contribution in [3.05, 3.63) is 35.3 Å². The molecule has 2 aliphatic rings. The fourth-order valence-corrected chi connectivity index (χ4v) is 3.94. The number of hydrogen-bond donors (Lipinski definition) is 5. The Morgan fingerprint density at radius 1 is 1.17 bits per heavy atom. The van der Waals surface area contributed by atoms with Crippen LogP contribution in [0.1, 0.15) is 23.1 Å². The number of rotatable bonds is 1. The number of fused-ring (bicyclic) bond motifs is 4. The number of hydrogen-bond acceptors (Lipinski definition) is 7. The van der Waals surface area contributed by atoms with Gasteiger partial charge in [0.2, 0.25) is 0 Å². The summed E-state index contributed by atoms with van der Waals surface area (Å²) in [4.78, 5) is 8.99. The number of guanidine groups is 1. The van der Waals surface area contributed by atoms with E-state index in [1.807, 2.05) is 12.4 Å². The summed E-state index contributed by atoms with van der Waals surface area (Å²) in [6.07, 6.45) is 8.10. The van der Waals surface area contributed by atoms with E-state index in [1.54, 1.807) is 6.20 Å². The molecule has 2 atom stereocenters. The van der Waals surface area contributed by atoms with Crippen LogP contribution in [0.4, 0.5) is 5.82 Å². The van der Waals surface area contributed by atoms with Crippen molar-refractivity contribution in [3.8, 4) is 0 Å². The van der Waals surface area contributed by atoms with Crippen LogP contribution in [-0.4, -0.2) is 31.3 Å². The number of nitrogens with zero attached hydrogens (tertiary/aromatic N) is 4. The Kier molecular flexibility index (Phi) is 2.55. The Morgan fingerprint density at radius 3 is 2.96 bits per heavy atom. The zero-order valence-electron chi connectivity index (χ0n) is 12.9. The molecular weight excluding hydrogens is 306 g/mol. The maximum absolute atomic E-state index is 6.72. The lowest BCUT2D eigenvalue weighted by atomic mass is 9.75. The van der Waals surface area contributed by atoms with Crippen molar-refractivity contribution in [1.29, 1.82) is 0 Å². The molecule has 0 saturated heterocycles. The first-order chi connectivity index (χ1) is 11.6. The summed E-state index contributed by atoms with van der Waals surface area (Å²) in [5.74, 6) is 1.15. The molecule has 0 fully saturated rings. The van der Waals surface area contributed by atoms with E-state index in [4.69, 9.17) is 11.5 Å². The third-order valence-corrected chi connectivity index (χ3v) is 5.14. The molecule has 4 heterocycles. The van der Waals surface area contributed by atoms with Crippen LogP contribution >= 0.6 is 0 Å². The monoisotopic (exact) mass is 323 g/mol. The molecule has 0 saturated carbocycles. The largest absolute Gasteiger partial charge is 0.370 e. The van der Waals surface area contributed by atoms with Gasteiger partial charge >= 0.3 is 0 Å². The quantitative estimate of drug-likeness (QED) is 0.436. The van der Waals surface area contributed by atoms with Crippen LogP contribution in [0.25, 0.3) is 11.0 Å². The van der Waals surface area contributed by atoms with Crippen molar-refractivity contribution in [2.75, 3.05) is 5.32 Å². The second-order valence-electron chi connectivity index (χ2n) is 6.44. The standard InChI is InChI=1S/C15H17N9/c16-14-21-13-11(6-20-24-13)15(17,22-14)8-1-2-9-7(3-8)4-18-12-10(9)5-19-23-12/h4-6,8H,1-3,17H2,(H,18,19,23)(H4,16,20,21,22,24). The predicted octanol–water partition coefficient (Wildman–Crippen LogP) is 0.338. The molecule has 0 bridgehead atoms. The minimum atomic E-state index is -0.888. The van der Waals surface area contributed by atoms with E-state index in [-0.39, 0.29) is 5.92 Å². The van der Waals surface area contributed by atoms with Crippen LogP contribution in [0.5, 0.6) is 0 Å². The fourth-order valence-electron chi connectivity index (χ4n) is 3.94. The molecule has 0 aromatic carbocycles. The summed E-state index contributed by atoms with van der Waals surface area (Å²) in [7, 11) is 0. The number of anilines is 1. The first-order valence-electron chi connectivity index (χ1n) is 7.90. The van der Waals surface area contributed by atoms with Crippen molar-refractivity contribution in [1.82, 2.24) is 25.4 Å². The van der Waals surface area contributed by atoms with Gasteiger partial charge in [-0.05, 0) is 30.4 Å². The van der Waals surface area contributed by atoms with E-state index in [2.05, 4.69) is 35.7 Å². The lowest BCUT2D eigenvalue weighted by Crippen LogP contribution is -2.49. The van der Waals surface area contributed by atoms with Gasteiger partial charge in [0.05, 0.1) is 18.0 Å². The molecule has 9 nitrogen and oxygen atoms in total. The fraction of sp³-hybridized carbons (Fsp3) is 0.333. The third-order valence-electron chi connectivity index (χ3n) is 5.14. The van der Waals surface area contributed by atoms with Crippen LogP contribution in [-0.2, 0) is 18.5 Å². The Hall–Kier alpha value is -2.94. The van der Waals surface area contributed by atoms with Gasteiger partial charge in [0.15, 0.2) is 11.6 Å². The number of nitrogens with one attached hydrogen (secondary N) is 3. The number of pyridine rings is 1. The van der Waals surface area contributed by atoms with Crippen LogP contribution in [0.2, 0.25) is 0 Å². The van der Waals surface area contributed by atoms with Crippen molar-refractivity contribution in [2.24, 2.45) is 22.4 Å². The molecule has 3 aromatic heterocycles. The topological polar surface area (TPSA) is 147 Å². The van der Waals surface area contributed by atoms with Gasteiger partial charge in [0, 0.05) is 17.5 Å². The summed E-state index contributed by atoms with van der Waals surface area (Å²) < 4.78 is 0. The van der Waals surface area contributed by atoms with Crippen LogP contribution in [0.15, 0.2) is 23.6 Å². The molecule has 24 heavy (non-hydrogen) atoms. The number of H-pyrrole nitrogens is 2. The highest BCUT2D eigenvalue weighted by Gasteiger charge is 2.43. The lowest BCUT2D eigenvalue weighted by Gasteiger charge is -2.39. The highest BCUT2D eigenvalue weighted by atomic mass is 15.3. The minimum absolute atomic E-state index is 0.119. The summed E-state index contributed by atoms with van der Waals surface area (Å²) in [6, 6.07) is 0. The number of nitrogens with two attached hydrogens (primary N) is 2. The van der Waals surface area contributed by atoms with Crippen molar-refractivity contribution in [3.63, 3.8) is 0 Å². The molecule has 0 amide bonds. The maximum atomic E-state index is 6.72. The van der Waals surface area contributed by atoms with E-state index >= 15 is 0 Å². The van der Waals surface area contributed by atoms with E-state index in [0.717, 1.165) is 41.7 Å². The van der Waals surface area contributed by atoms with Crippen LogP contribution in [0.3, 0.4) is 0 Å². The molecule has 2 unspecified atom stereocenters. The molecule has 7 N–H and O–H groups in total. The van der Waals surface area contributed by atoms with Gasteiger partial charge in [-0.3, -0.25) is 10.2 Å². The van der Waals surface area contributed by atoms with Gasteiger partial charge in [0.25, 0.3) is 0 Å². The second kappa shape index (κ2) is 4.54. The first kappa shape index (κ1) is 13.5.